The fourth-order valence-corrected chi connectivity index (χ4v) is 3.03. The Morgan fingerprint density at radius 1 is 0.840 bits per heavy atom. The van der Waals surface area contributed by atoms with Crippen LogP contribution in [0, 0.1) is 11.6 Å². The number of benzene rings is 2. The average Bonchev–Trinajstić information content (AvgIpc) is 2.62. The van der Waals surface area contributed by atoms with Crippen LogP contribution in [0.5, 0.6) is 0 Å². The van der Waals surface area contributed by atoms with Gasteiger partial charge in [-0.2, -0.15) is 0 Å². The Balaban J connectivity index is 1.66. The first kappa shape index (κ1) is 18.0. The molecule has 0 aromatic heterocycles. The molecule has 1 fully saturated rings. The third kappa shape index (κ3) is 5.08. The van der Waals surface area contributed by atoms with Crippen LogP contribution >= 0.6 is 0 Å². The van der Waals surface area contributed by atoms with Crippen molar-refractivity contribution < 1.29 is 13.5 Å². The van der Waals surface area contributed by atoms with Crippen LogP contribution in [0.25, 0.3) is 0 Å². The summed E-state index contributed by atoms with van der Waals surface area (Å²) < 4.78 is 32.6. The van der Waals surface area contributed by atoms with E-state index in [-0.39, 0.29) is 17.7 Å². The van der Waals surface area contributed by atoms with Gasteiger partial charge in [-0.05, 0) is 42.4 Å². The van der Waals surface area contributed by atoms with Crippen molar-refractivity contribution >= 4 is 0 Å². The number of halogens is 2. The summed E-state index contributed by atoms with van der Waals surface area (Å²) in [6, 6.07) is 12.6. The summed E-state index contributed by atoms with van der Waals surface area (Å²) in [7, 11) is 2.13. The van der Waals surface area contributed by atoms with Crippen molar-refractivity contribution in [2.45, 2.75) is 6.10 Å². The summed E-state index contributed by atoms with van der Waals surface area (Å²) in [5, 5.41) is 0. The molecule has 1 aliphatic heterocycles. The maximum Gasteiger partial charge on any atom is 0.123 e. The molecule has 0 saturated carbocycles. The molecular formula is C20H24F2N2O. The molecule has 1 heterocycles. The number of likely N-dealkylation sites (N-methyl/N-ethyl adjacent to an activating group) is 1. The van der Waals surface area contributed by atoms with Crippen LogP contribution < -0.4 is 0 Å². The van der Waals surface area contributed by atoms with E-state index in [1.54, 1.807) is 24.3 Å². The van der Waals surface area contributed by atoms with Gasteiger partial charge >= 0.3 is 0 Å². The number of ether oxygens (including phenoxy) is 1. The summed E-state index contributed by atoms with van der Waals surface area (Å²) in [5.41, 5.74) is 1.73. The monoisotopic (exact) mass is 345 g/mol. The summed E-state index contributed by atoms with van der Waals surface area (Å²) in [5.74, 6) is -0.557. The first-order valence-corrected chi connectivity index (χ1v) is 8.65. The molecule has 3 nitrogen and oxygen atoms in total. The zero-order valence-electron chi connectivity index (χ0n) is 14.5. The van der Waals surface area contributed by atoms with Crippen molar-refractivity contribution in [3.63, 3.8) is 0 Å². The quantitative estimate of drug-likeness (QED) is 0.799. The van der Waals surface area contributed by atoms with Crippen molar-refractivity contribution in [1.82, 2.24) is 9.80 Å². The van der Waals surface area contributed by atoms with Gasteiger partial charge in [-0.15, -0.1) is 0 Å². The highest BCUT2D eigenvalue weighted by molar-refractivity contribution is 5.30. The van der Waals surface area contributed by atoms with Crippen LogP contribution in [0.1, 0.15) is 17.2 Å². The molecule has 0 atom stereocenters. The Kier molecular flexibility index (Phi) is 6.13. The van der Waals surface area contributed by atoms with Crippen LogP contribution in [0.2, 0.25) is 0 Å². The van der Waals surface area contributed by atoms with Gasteiger partial charge in [0.05, 0.1) is 6.61 Å². The summed E-state index contributed by atoms with van der Waals surface area (Å²) in [4.78, 5) is 4.70. The second-order valence-corrected chi connectivity index (χ2v) is 6.50. The van der Waals surface area contributed by atoms with Crippen molar-refractivity contribution in [2.24, 2.45) is 0 Å². The zero-order chi connectivity index (χ0) is 17.6. The predicted octanol–water partition coefficient (Wildman–Crippen LogP) is 3.32. The molecule has 2 aromatic rings. The molecule has 0 bridgehead atoms. The van der Waals surface area contributed by atoms with Crippen molar-refractivity contribution in [3.05, 3.63) is 71.3 Å². The van der Waals surface area contributed by atoms with Crippen molar-refractivity contribution in [3.8, 4) is 0 Å². The van der Waals surface area contributed by atoms with Crippen LogP contribution in [-0.4, -0.2) is 56.2 Å². The summed E-state index contributed by atoms with van der Waals surface area (Å²) in [6.07, 6.45) is -0.325. The molecule has 5 heteroatoms. The molecule has 0 N–H and O–H groups in total. The summed E-state index contributed by atoms with van der Waals surface area (Å²) >= 11 is 0. The molecular weight excluding hydrogens is 321 g/mol. The smallest absolute Gasteiger partial charge is 0.123 e. The second kappa shape index (κ2) is 8.52. The average molecular weight is 345 g/mol. The van der Waals surface area contributed by atoms with Crippen LogP contribution in [0.3, 0.4) is 0 Å². The van der Waals surface area contributed by atoms with Gasteiger partial charge in [0, 0.05) is 32.7 Å². The molecule has 3 rings (SSSR count). The second-order valence-electron chi connectivity index (χ2n) is 6.50. The van der Waals surface area contributed by atoms with Gasteiger partial charge in [0.25, 0.3) is 0 Å². The Labute approximate surface area is 147 Å². The number of hydrogen-bond donors (Lipinski definition) is 0. The van der Waals surface area contributed by atoms with Gasteiger partial charge < -0.3 is 9.64 Å². The third-order valence-corrected chi connectivity index (χ3v) is 4.63. The lowest BCUT2D eigenvalue weighted by Gasteiger charge is -2.32. The molecule has 0 unspecified atom stereocenters. The SMILES string of the molecule is [11CH3]N1CCN(CCOC(c2ccc(F)cc2)c2ccc(F)cc2)CC1. The van der Waals surface area contributed by atoms with Crippen molar-refractivity contribution in [2.75, 3.05) is 46.4 Å². The molecule has 25 heavy (non-hydrogen) atoms. The number of rotatable bonds is 6. The largest absolute Gasteiger partial charge is 0.367 e. The first-order chi connectivity index (χ1) is 12.1. The Morgan fingerprint density at radius 3 is 1.80 bits per heavy atom. The molecule has 1 saturated heterocycles. The molecule has 134 valence electrons. The number of hydrogen-bond acceptors (Lipinski definition) is 3. The highest BCUT2D eigenvalue weighted by atomic mass is 19.1. The van der Waals surface area contributed by atoms with E-state index >= 15 is 0 Å². The third-order valence-electron chi connectivity index (χ3n) is 4.63. The van der Waals surface area contributed by atoms with E-state index in [1.807, 2.05) is 0 Å². The van der Waals surface area contributed by atoms with Gasteiger partial charge in [-0.25, -0.2) is 8.78 Å². The number of nitrogens with zero attached hydrogens (tertiary/aromatic N) is 2. The maximum atomic E-state index is 13.2. The van der Waals surface area contributed by atoms with E-state index in [2.05, 4.69) is 16.8 Å². The molecule has 1 aliphatic rings. The van der Waals surface area contributed by atoms with E-state index in [9.17, 15) is 8.78 Å². The highest BCUT2D eigenvalue weighted by Crippen LogP contribution is 2.26. The van der Waals surface area contributed by atoms with E-state index in [1.165, 1.54) is 24.3 Å². The molecule has 2 aromatic carbocycles. The minimum absolute atomic E-state index is 0.279. The van der Waals surface area contributed by atoms with Crippen LogP contribution in [-0.2, 0) is 4.74 Å². The van der Waals surface area contributed by atoms with Gasteiger partial charge in [-0.1, -0.05) is 24.3 Å². The van der Waals surface area contributed by atoms with Gasteiger partial charge in [-0.3, -0.25) is 4.90 Å². The Bertz CT molecular complexity index is 607. The van der Waals surface area contributed by atoms with Gasteiger partial charge in [0.2, 0.25) is 0 Å². The van der Waals surface area contributed by atoms with E-state index in [4.69, 9.17) is 4.74 Å². The fraction of sp³-hybridized carbons (Fsp3) is 0.400. The van der Waals surface area contributed by atoms with E-state index in [0.29, 0.717) is 6.61 Å². The highest BCUT2D eigenvalue weighted by Gasteiger charge is 2.17. The standard InChI is InChI=1S/C20H24F2N2O/c1-23-10-12-24(13-11-23)14-15-25-20(16-2-6-18(21)7-3-16)17-4-8-19(22)9-5-17/h2-9,20H,10-15H2,1H3/i1-1. The number of piperazine rings is 1. The van der Waals surface area contributed by atoms with E-state index in [0.717, 1.165) is 43.9 Å². The minimum Gasteiger partial charge on any atom is -0.367 e. The maximum absolute atomic E-state index is 13.2. The topological polar surface area (TPSA) is 15.7 Å². The Hall–Kier alpha value is -1.82. The molecule has 0 spiro atoms. The Morgan fingerprint density at radius 2 is 1.32 bits per heavy atom. The molecule has 0 radical (unpaired) electrons. The first-order valence-electron chi connectivity index (χ1n) is 8.65. The van der Waals surface area contributed by atoms with E-state index < -0.39 is 0 Å². The normalized spacial score (nSPS) is 16.5. The lowest BCUT2D eigenvalue weighted by Crippen LogP contribution is -2.45. The van der Waals surface area contributed by atoms with Crippen LogP contribution in [0.4, 0.5) is 8.78 Å². The van der Waals surface area contributed by atoms with Crippen LogP contribution in [0.15, 0.2) is 48.5 Å². The molecule has 0 aliphatic carbocycles. The fourth-order valence-electron chi connectivity index (χ4n) is 3.03. The zero-order valence-corrected chi connectivity index (χ0v) is 14.5. The predicted molar refractivity (Wildman–Crippen MR) is 94.5 cm³/mol. The lowest BCUT2D eigenvalue weighted by atomic mass is 10.0. The minimum atomic E-state index is -0.325. The molecule has 0 amide bonds. The van der Waals surface area contributed by atoms with Gasteiger partial charge in [0.15, 0.2) is 0 Å². The van der Waals surface area contributed by atoms with Crippen molar-refractivity contribution in [1.29, 1.82) is 0 Å². The summed E-state index contributed by atoms with van der Waals surface area (Å²) in [6.45, 7) is 5.64. The lowest BCUT2D eigenvalue weighted by molar-refractivity contribution is 0.0483. The van der Waals surface area contributed by atoms with Gasteiger partial charge in [0.1, 0.15) is 17.7 Å².